The quantitative estimate of drug-likeness (QED) is 0.807. The molecule has 1 rings (SSSR count). The molecule has 110 valence electrons. The molecule has 0 saturated carbocycles. The van der Waals surface area contributed by atoms with Crippen LogP contribution in [0.2, 0.25) is 0 Å². The maximum absolute atomic E-state index is 13.0. The summed E-state index contributed by atoms with van der Waals surface area (Å²) in [5, 5.41) is 10.4. The number of rotatable bonds is 7. The largest absolute Gasteiger partial charge is 0.481 e. The molecular formula is C13H15F2NO4. The Morgan fingerprint density at radius 2 is 1.90 bits per heavy atom. The van der Waals surface area contributed by atoms with Gasteiger partial charge in [0.2, 0.25) is 0 Å². The molecule has 1 aromatic rings. The third kappa shape index (κ3) is 6.67. The first-order valence-electron chi connectivity index (χ1n) is 5.93. The van der Waals surface area contributed by atoms with Crippen LogP contribution in [0.3, 0.4) is 0 Å². The van der Waals surface area contributed by atoms with Crippen molar-refractivity contribution in [1.82, 2.24) is 5.32 Å². The Morgan fingerprint density at radius 3 is 2.50 bits per heavy atom. The molecule has 0 atom stereocenters. The van der Waals surface area contributed by atoms with E-state index in [1.54, 1.807) is 24.3 Å². The molecule has 2 N–H and O–H groups in total. The topological polar surface area (TPSA) is 75.6 Å². The lowest BCUT2D eigenvalue weighted by molar-refractivity contribution is -0.145. The number of halogens is 2. The molecule has 5 nitrogen and oxygen atoms in total. The monoisotopic (exact) mass is 287 g/mol. The standard InChI is InChI=1S/C13H15F2NO4/c14-13(15,8-11(17)18)6-7-16-12(19)20-9-10-4-2-1-3-5-10/h1-5H,6-9H2,(H,16,19)(H,17,18). The van der Waals surface area contributed by atoms with Crippen molar-refractivity contribution in [3.05, 3.63) is 35.9 Å². The van der Waals surface area contributed by atoms with Crippen LogP contribution in [0, 0.1) is 0 Å². The summed E-state index contributed by atoms with van der Waals surface area (Å²) >= 11 is 0. The van der Waals surface area contributed by atoms with Crippen molar-refractivity contribution in [3.63, 3.8) is 0 Å². The third-order valence-corrected chi connectivity index (χ3v) is 2.38. The lowest BCUT2D eigenvalue weighted by Gasteiger charge is -2.14. The van der Waals surface area contributed by atoms with Gasteiger partial charge in [0.05, 0.1) is 0 Å². The van der Waals surface area contributed by atoms with Gasteiger partial charge in [-0.25, -0.2) is 13.6 Å². The van der Waals surface area contributed by atoms with Crippen LogP contribution in [-0.2, 0) is 16.1 Å². The molecule has 0 aliphatic rings. The van der Waals surface area contributed by atoms with Gasteiger partial charge in [-0.3, -0.25) is 4.79 Å². The summed E-state index contributed by atoms with van der Waals surface area (Å²) in [5.41, 5.74) is 0.777. The van der Waals surface area contributed by atoms with Crippen LogP contribution in [0.25, 0.3) is 0 Å². The highest BCUT2D eigenvalue weighted by molar-refractivity contribution is 5.68. The van der Waals surface area contributed by atoms with Gasteiger partial charge >= 0.3 is 12.1 Å². The maximum atomic E-state index is 13.0. The fourth-order valence-corrected chi connectivity index (χ4v) is 1.43. The highest BCUT2D eigenvalue weighted by Crippen LogP contribution is 2.21. The minimum Gasteiger partial charge on any atom is -0.481 e. The number of hydrogen-bond acceptors (Lipinski definition) is 3. The molecule has 0 fully saturated rings. The van der Waals surface area contributed by atoms with Gasteiger partial charge in [0.15, 0.2) is 0 Å². The number of alkyl carbamates (subject to hydrolysis) is 1. The van der Waals surface area contributed by atoms with Crippen molar-refractivity contribution < 1.29 is 28.2 Å². The van der Waals surface area contributed by atoms with E-state index in [2.05, 4.69) is 5.32 Å². The van der Waals surface area contributed by atoms with Gasteiger partial charge in [-0.1, -0.05) is 30.3 Å². The van der Waals surface area contributed by atoms with E-state index < -0.39 is 30.8 Å². The molecule has 1 amide bonds. The van der Waals surface area contributed by atoms with Crippen molar-refractivity contribution in [1.29, 1.82) is 0 Å². The van der Waals surface area contributed by atoms with Crippen LogP contribution >= 0.6 is 0 Å². The molecular weight excluding hydrogens is 272 g/mol. The smallest absolute Gasteiger partial charge is 0.407 e. The minimum absolute atomic E-state index is 0.0399. The number of carbonyl (C=O) groups is 2. The second kappa shape index (κ2) is 7.42. The van der Waals surface area contributed by atoms with Crippen molar-refractivity contribution in [2.75, 3.05) is 6.54 Å². The van der Waals surface area contributed by atoms with Crippen molar-refractivity contribution >= 4 is 12.1 Å². The van der Waals surface area contributed by atoms with Crippen molar-refractivity contribution in [3.8, 4) is 0 Å². The van der Waals surface area contributed by atoms with E-state index in [0.29, 0.717) is 0 Å². The summed E-state index contributed by atoms with van der Waals surface area (Å²) in [6.07, 6.45) is -2.83. The zero-order valence-corrected chi connectivity index (χ0v) is 10.6. The zero-order valence-electron chi connectivity index (χ0n) is 10.6. The third-order valence-electron chi connectivity index (χ3n) is 2.38. The summed E-state index contributed by atoms with van der Waals surface area (Å²) in [6.45, 7) is -0.313. The Morgan fingerprint density at radius 1 is 1.25 bits per heavy atom. The SMILES string of the molecule is O=C(O)CC(F)(F)CCNC(=O)OCc1ccccc1. The summed E-state index contributed by atoms with van der Waals surface area (Å²) in [4.78, 5) is 21.4. The Labute approximate surface area is 114 Å². The number of hydrogen-bond donors (Lipinski definition) is 2. The Hall–Kier alpha value is -2.18. The number of alkyl halides is 2. The number of nitrogens with one attached hydrogen (secondary N) is 1. The number of amides is 1. The minimum atomic E-state index is -3.35. The first kappa shape index (κ1) is 15.9. The highest BCUT2D eigenvalue weighted by Gasteiger charge is 2.31. The van der Waals surface area contributed by atoms with Crippen LogP contribution < -0.4 is 5.32 Å². The van der Waals surface area contributed by atoms with Crippen LogP contribution in [0.5, 0.6) is 0 Å². The van der Waals surface area contributed by atoms with Crippen LogP contribution in [0.1, 0.15) is 18.4 Å². The number of aliphatic carboxylic acids is 1. The summed E-state index contributed by atoms with van der Waals surface area (Å²) in [6, 6.07) is 8.89. The number of benzene rings is 1. The predicted octanol–water partition coefficient (Wildman–Crippen LogP) is 2.41. The molecule has 0 aromatic heterocycles. The molecule has 0 bridgehead atoms. The molecule has 0 radical (unpaired) electrons. The normalized spacial score (nSPS) is 10.9. The summed E-state index contributed by atoms with van der Waals surface area (Å²) in [7, 11) is 0. The van der Waals surface area contributed by atoms with Gasteiger partial charge in [-0.2, -0.15) is 0 Å². The lowest BCUT2D eigenvalue weighted by atomic mass is 10.2. The van der Waals surface area contributed by atoms with E-state index in [1.807, 2.05) is 6.07 Å². The lowest BCUT2D eigenvalue weighted by Crippen LogP contribution is -2.31. The number of carboxylic acids is 1. The van der Waals surface area contributed by atoms with Crippen molar-refractivity contribution in [2.45, 2.75) is 25.4 Å². The van der Waals surface area contributed by atoms with Gasteiger partial charge in [0.25, 0.3) is 5.92 Å². The van der Waals surface area contributed by atoms with E-state index in [1.165, 1.54) is 0 Å². The zero-order chi connectivity index (χ0) is 15.0. The average molecular weight is 287 g/mol. The van der Waals surface area contributed by atoms with E-state index >= 15 is 0 Å². The average Bonchev–Trinajstić information content (AvgIpc) is 2.36. The number of ether oxygens (including phenoxy) is 1. The maximum Gasteiger partial charge on any atom is 0.407 e. The number of carboxylic acid groups (broad SMARTS) is 1. The summed E-state index contributed by atoms with van der Waals surface area (Å²) < 4.78 is 30.8. The van der Waals surface area contributed by atoms with E-state index in [4.69, 9.17) is 9.84 Å². The molecule has 7 heteroatoms. The molecule has 20 heavy (non-hydrogen) atoms. The molecule has 0 spiro atoms. The number of carbonyl (C=O) groups excluding carboxylic acids is 1. The molecule has 0 aliphatic heterocycles. The Balaban J connectivity index is 2.22. The van der Waals surface area contributed by atoms with E-state index in [-0.39, 0.29) is 13.2 Å². The second-order valence-electron chi connectivity index (χ2n) is 4.16. The molecule has 1 aromatic carbocycles. The van der Waals surface area contributed by atoms with Gasteiger partial charge < -0.3 is 15.2 Å². The van der Waals surface area contributed by atoms with Crippen LogP contribution in [0.4, 0.5) is 13.6 Å². The first-order valence-corrected chi connectivity index (χ1v) is 5.93. The van der Waals surface area contributed by atoms with Gasteiger partial charge in [0.1, 0.15) is 13.0 Å². The van der Waals surface area contributed by atoms with Crippen LogP contribution in [0.15, 0.2) is 30.3 Å². The Kier molecular flexibility index (Phi) is 5.89. The van der Waals surface area contributed by atoms with Gasteiger partial charge in [-0.15, -0.1) is 0 Å². The molecule has 0 heterocycles. The first-order chi connectivity index (χ1) is 9.39. The molecule has 0 unspecified atom stereocenters. The van der Waals surface area contributed by atoms with E-state index in [0.717, 1.165) is 5.56 Å². The summed E-state index contributed by atoms with van der Waals surface area (Å²) in [5.74, 6) is -4.93. The second-order valence-corrected chi connectivity index (χ2v) is 4.16. The fourth-order valence-electron chi connectivity index (χ4n) is 1.43. The fraction of sp³-hybridized carbons (Fsp3) is 0.385. The van der Waals surface area contributed by atoms with Gasteiger partial charge in [-0.05, 0) is 5.56 Å². The highest BCUT2D eigenvalue weighted by atomic mass is 19.3. The predicted molar refractivity (Wildman–Crippen MR) is 66.4 cm³/mol. The molecule has 0 aliphatic carbocycles. The van der Waals surface area contributed by atoms with Crippen LogP contribution in [-0.4, -0.2) is 29.6 Å². The van der Waals surface area contributed by atoms with Crippen molar-refractivity contribution in [2.24, 2.45) is 0 Å². The Bertz CT molecular complexity index is 451. The molecule has 0 saturated heterocycles. The van der Waals surface area contributed by atoms with E-state index in [9.17, 15) is 18.4 Å². The van der Waals surface area contributed by atoms with Gasteiger partial charge in [0, 0.05) is 13.0 Å².